The average Bonchev–Trinajstić information content (AvgIpc) is 3.00. The van der Waals surface area contributed by atoms with Gasteiger partial charge in [0.05, 0.1) is 0 Å². The SMILES string of the molecule is Cc1c(C(C)(C)C)cc(CC2CC2)cc1C(C)(C)C. The fourth-order valence-corrected chi connectivity index (χ4v) is 3.11. The highest BCUT2D eigenvalue weighted by Crippen LogP contribution is 2.38. The van der Waals surface area contributed by atoms with Crippen LogP contribution in [0.3, 0.4) is 0 Å². The standard InChI is InChI=1S/C19H30/c1-13-16(18(2,3)4)11-15(10-14-8-9-14)12-17(13)19(5,6)7/h11-12,14H,8-10H2,1-7H3. The summed E-state index contributed by atoms with van der Waals surface area (Å²) in [6, 6.07) is 4.95. The van der Waals surface area contributed by atoms with E-state index < -0.39 is 0 Å². The van der Waals surface area contributed by atoms with Crippen LogP contribution in [-0.4, -0.2) is 0 Å². The Labute approximate surface area is 119 Å². The third-order valence-corrected chi connectivity index (χ3v) is 4.30. The second-order valence-corrected chi connectivity index (χ2v) is 8.46. The Bertz CT molecular complexity index is 427. The van der Waals surface area contributed by atoms with Gasteiger partial charge in [-0.3, -0.25) is 0 Å². The lowest BCUT2D eigenvalue weighted by Gasteiger charge is -2.30. The Balaban J connectivity index is 2.52. The summed E-state index contributed by atoms with van der Waals surface area (Å²) in [6.45, 7) is 16.3. The first-order valence-corrected chi connectivity index (χ1v) is 7.73. The van der Waals surface area contributed by atoms with Gasteiger partial charge in [-0.2, -0.15) is 0 Å². The second-order valence-electron chi connectivity index (χ2n) is 8.46. The molecule has 1 aromatic rings. The summed E-state index contributed by atoms with van der Waals surface area (Å²) in [4.78, 5) is 0. The third-order valence-electron chi connectivity index (χ3n) is 4.30. The van der Waals surface area contributed by atoms with Gasteiger partial charge in [0, 0.05) is 0 Å². The second kappa shape index (κ2) is 4.65. The highest BCUT2D eigenvalue weighted by molar-refractivity contribution is 5.45. The van der Waals surface area contributed by atoms with E-state index in [4.69, 9.17) is 0 Å². The molecule has 1 aliphatic rings. The van der Waals surface area contributed by atoms with Crippen molar-refractivity contribution in [3.8, 4) is 0 Å². The maximum absolute atomic E-state index is 2.48. The molecule has 1 aromatic carbocycles. The van der Waals surface area contributed by atoms with E-state index in [1.54, 1.807) is 5.56 Å². The summed E-state index contributed by atoms with van der Waals surface area (Å²) in [5, 5.41) is 0. The Kier molecular flexibility index (Phi) is 3.58. The average molecular weight is 258 g/mol. The van der Waals surface area contributed by atoms with E-state index >= 15 is 0 Å². The molecule has 0 heteroatoms. The molecule has 0 heterocycles. The van der Waals surface area contributed by atoms with Gasteiger partial charge in [-0.25, -0.2) is 0 Å². The molecular formula is C19H30. The number of benzene rings is 1. The quantitative estimate of drug-likeness (QED) is 0.653. The first kappa shape index (κ1) is 14.6. The minimum absolute atomic E-state index is 0.240. The van der Waals surface area contributed by atoms with Gasteiger partial charge in [0.2, 0.25) is 0 Å². The van der Waals surface area contributed by atoms with Crippen molar-refractivity contribution in [1.82, 2.24) is 0 Å². The third kappa shape index (κ3) is 3.41. The van der Waals surface area contributed by atoms with Crippen LogP contribution in [0, 0.1) is 12.8 Å². The number of rotatable bonds is 2. The van der Waals surface area contributed by atoms with Crippen LogP contribution in [0.15, 0.2) is 12.1 Å². The Morgan fingerprint density at radius 1 is 0.895 bits per heavy atom. The van der Waals surface area contributed by atoms with E-state index in [2.05, 4.69) is 60.6 Å². The fraction of sp³-hybridized carbons (Fsp3) is 0.684. The lowest BCUT2D eigenvalue weighted by Crippen LogP contribution is -2.20. The molecule has 0 nitrogen and oxygen atoms in total. The molecular weight excluding hydrogens is 228 g/mol. The van der Waals surface area contributed by atoms with E-state index in [1.165, 1.54) is 36.0 Å². The molecule has 1 fully saturated rings. The predicted molar refractivity (Wildman–Crippen MR) is 85.0 cm³/mol. The topological polar surface area (TPSA) is 0 Å². The van der Waals surface area contributed by atoms with Gasteiger partial charge in [-0.05, 0) is 65.2 Å². The van der Waals surface area contributed by atoms with E-state index in [0.717, 1.165) is 5.92 Å². The predicted octanol–water partition coefficient (Wildman–Crippen LogP) is 5.54. The van der Waals surface area contributed by atoms with Gasteiger partial charge in [-0.1, -0.05) is 53.7 Å². The minimum atomic E-state index is 0.240. The van der Waals surface area contributed by atoms with Crippen molar-refractivity contribution >= 4 is 0 Å². The maximum atomic E-state index is 2.48. The van der Waals surface area contributed by atoms with Crippen molar-refractivity contribution in [2.45, 2.75) is 78.6 Å². The van der Waals surface area contributed by atoms with Crippen molar-refractivity contribution in [1.29, 1.82) is 0 Å². The van der Waals surface area contributed by atoms with Gasteiger partial charge in [-0.15, -0.1) is 0 Å². The number of hydrogen-bond donors (Lipinski definition) is 0. The van der Waals surface area contributed by atoms with Crippen LogP contribution >= 0.6 is 0 Å². The Hall–Kier alpha value is -0.780. The zero-order valence-electron chi connectivity index (χ0n) is 13.9. The molecule has 106 valence electrons. The van der Waals surface area contributed by atoms with Crippen LogP contribution in [-0.2, 0) is 17.3 Å². The van der Waals surface area contributed by atoms with Crippen LogP contribution in [0.4, 0.5) is 0 Å². The lowest BCUT2D eigenvalue weighted by molar-refractivity contribution is 0.558. The molecule has 1 aliphatic carbocycles. The summed E-state index contributed by atoms with van der Waals surface area (Å²) >= 11 is 0. The molecule has 1 saturated carbocycles. The summed E-state index contributed by atoms with van der Waals surface area (Å²) in [5.74, 6) is 0.961. The maximum Gasteiger partial charge on any atom is -0.0129 e. The fourth-order valence-electron chi connectivity index (χ4n) is 3.11. The Morgan fingerprint density at radius 3 is 1.63 bits per heavy atom. The van der Waals surface area contributed by atoms with E-state index in [-0.39, 0.29) is 10.8 Å². The molecule has 0 saturated heterocycles. The summed E-state index contributed by atoms with van der Waals surface area (Å²) < 4.78 is 0. The van der Waals surface area contributed by atoms with Crippen molar-refractivity contribution in [3.63, 3.8) is 0 Å². The highest BCUT2D eigenvalue weighted by atomic mass is 14.3. The zero-order chi connectivity index (χ0) is 14.4. The highest BCUT2D eigenvalue weighted by Gasteiger charge is 2.27. The molecule has 0 spiro atoms. The molecule has 0 unspecified atom stereocenters. The molecule has 0 aliphatic heterocycles. The van der Waals surface area contributed by atoms with E-state index in [9.17, 15) is 0 Å². The van der Waals surface area contributed by atoms with Crippen LogP contribution in [0.5, 0.6) is 0 Å². The summed E-state index contributed by atoms with van der Waals surface area (Å²) in [6.07, 6.45) is 4.15. The summed E-state index contributed by atoms with van der Waals surface area (Å²) in [7, 11) is 0. The molecule has 0 bridgehead atoms. The smallest absolute Gasteiger partial charge is 0.0129 e. The molecule has 0 radical (unpaired) electrons. The normalized spacial score (nSPS) is 16.8. The van der Waals surface area contributed by atoms with Gasteiger partial charge < -0.3 is 0 Å². The van der Waals surface area contributed by atoms with Crippen molar-refractivity contribution < 1.29 is 0 Å². The minimum Gasteiger partial charge on any atom is -0.0561 e. The van der Waals surface area contributed by atoms with Crippen molar-refractivity contribution in [2.75, 3.05) is 0 Å². The molecule has 0 N–H and O–H groups in total. The van der Waals surface area contributed by atoms with E-state index in [1.807, 2.05) is 0 Å². The molecule has 19 heavy (non-hydrogen) atoms. The largest absolute Gasteiger partial charge is 0.0561 e. The van der Waals surface area contributed by atoms with Crippen LogP contribution in [0.2, 0.25) is 0 Å². The summed E-state index contributed by atoms with van der Waals surface area (Å²) in [5.41, 5.74) is 6.61. The lowest BCUT2D eigenvalue weighted by atomic mass is 9.75. The van der Waals surface area contributed by atoms with Crippen molar-refractivity contribution in [2.24, 2.45) is 5.92 Å². The van der Waals surface area contributed by atoms with Crippen LogP contribution in [0.25, 0.3) is 0 Å². The zero-order valence-corrected chi connectivity index (χ0v) is 13.9. The van der Waals surface area contributed by atoms with Crippen LogP contribution in [0.1, 0.15) is 76.6 Å². The molecule has 0 atom stereocenters. The monoisotopic (exact) mass is 258 g/mol. The first-order valence-electron chi connectivity index (χ1n) is 7.73. The molecule has 2 rings (SSSR count). The van der Waals surface area contributed by atoms with Gasteiger partial charge >= 0.3 is 0 Å². The number of hydrogen-bond acceptors (Lipinski definition) is 0. The van der Waals surface area contributed by atoms with Gasteiger partial charge in [0.25, 0.3) is 0 Å². The van der Waals surface area contributed by atoms with Gasteiger partial charge in [0.15, 0.2) is 0 Å². The molecule has 0 aromatic heterocycles. The van der Waals surface area contributed by atoms with Gasteiger partial charge in [0.1, 0.15) is 0 Å². The van der Waals surface area contributed by atoms with E-state index in [0.29, 0.717) is 0 Å². The van der Waals surface area contributed by atoms with Crippen molar-refractivity contribution in [3.05, 3.63) is 34.4 Å². The Morgan fingerprint density at radius 2 is 1.32 bits per heavy atom. The van der Waals surface area contributed by atoms with Crippen LogP contribution < -0.4 is 0 Å². The first-order chi connectivity index (χ1) is 8.59. The molecule has 0 amide bonds.